The Labute approximate surface area is 200 Å². The second kappa shape index (κ2) is 9.61. The standard InChI is InChI=1S/C21H23ClN6O5S/c1-11-3-8-17(20(30)28(11)18(19(23)29)12(2)33-26-21(24)25)27-34(31,32)16-7-5-13-9-15(22)6-4-14(13)10-16/h3-10,12,18,27H,1-2H3,(H2,23,29)(H4,24,25,26). The number of aromatic nitrogens is 1. The predicted molar refractivity (Wildman–Crippen MR) is 130 cm³/mol. The monoisotopic (exact) mass is 506 g/mol. The first kappa shape index (κ1) is 24.9. The molecule has 3 rings (SSSR count). The summed E-state index contributed by atoms with van der Waals surface area (Å²) in [7, 11) is -4.15. The minimum atomic E-state index is -4.15. The summed E-state index contributed by atoms with van der Waals surface area (Å²) < 4.78 is 29.4. The number of amides is 1. The van der Waals surface area contributed by atoms with Gasteiger partial charge in [0.2, 0.25) is 11.9 Å². The predicted octanol–water partition coefficient (Wildman–Crippen LogP) is 1.38. The highest BCUT2D eigenvalue weighted by Gasteiger charge is 2.30. The van der Waals surface area contributed by atoms with Gasteiger partial charge in [-0.3, -0.25) is 18.9 Å². The van der Waals surface area contributed by atoms with Crippen LogP contribution in [0.5, 0.6) is 0 Å². The number of fused-ring (bicyclic) bond motifs is 1. The maximum Gasteiger partial charge on any atom is 0.275 e. The molecule has 3 aromatic rings. The van der Waals surface area contributed by atoms with Gasteiger partial charge in [0.05, 0.1) is 4.90 Å². The van der Waals surface area contributed by atoms with Gasteiger partial charge >= 0.3 is 0 Å². The number of carbonyl (C=O) groups excluding carboxylic acids is 1. The Hall–Kier alpha value is -3.77. The fraction of sp³-hybridized carbons (Fsp3) is 0.190. The molecule has 2 aromatic carbocycles. The van der Waals surface area contributed by atoms with Crippen LogP contribution >= 0.6 is 11.6 Å². The van der Waals surface area contributed by atoms with Crippen molar-refractivity contribution in [2.24, 2.45) is 22.4 Å². The van der Waals surface area contributed by atoms with Gasteiger partial charge in [-0.15, -0.1) is 0 Å². The SMILES string of the molecule is Cc1ccc(NS(=O)(=O)c2ccc3cc(Cl)ccc3c2)c(=O)n1C(C(N)=O)C(C)ON=C(N)N. The van der Waals surface area contributed by atoms with Crippen molar-refractivity contribution >= 4 is 50.0 Å². The Morgan fingerprint density at radius 3 is 2.38 bits per heavy atom. The fourth-order valence-corrected chi connectivity index (χ4v) is 4.68. The number of oxime groups is 1. The third kappa shape index (κ3) is 5.24. The normalized spacial score (nSPS) is 13.1. The van der Waals surface area contributed by atoms with E-state index < -0.39 is 39.6 Å². The number of rotatable bonds is 8. The molecular weight excluding hydrogens is 484 g/mol. The van der Waals surface area contributed by atoms with Crippen LogP contribution in [0, 0.1) is 6.92 Å². The summed E-state index contributed by atoms with van der Waals surface area (Å²) in [6.07, 6.45) is -1.05. The van der Waals surface area contributed by atoms with Gasteiger partial charge in [0.25, 0.3) is 15.6 Å². The summed E-state index contributed by atoms with van der Waals surface area (Å²) in [6, 6.07) is 10.9. The molecule has 11 nitrogen and oxygen atoms in total. The van der Waals surface area contributed by atoms with Crippen molar-refractivity contribution in [3.05, 3.63) is 69.6 Å². The Kier molecular flexibility index (Phi) is 7.03. The van der Waals surface area contributed by atoms with Gasteiger partial charge in [0.1, 0.15) is 5.69 Å². The number of benzene rings is 2. The van der Waals surface area contributed by atoms with Crippen molar-refractivity contribution in [2.45, 2.75) is 30.9 Å². The molecule has 13 heteroatoms. The zero-order valence-electron chi connectivity index (χ0n) is 18.2. The minimum absolute atomic E-state index is 0.0650. The first-order valence-electron chi connectivity index (χ1n) is 9.89. The van der Waals surface area contributed by atoms with Gasteiger partial charge in [-0.25, -0.2) is 8.42 Å². The molecule has 180 valence electrons. The van der Waals surface area contributed by atoms with Crippen LogP contribution in [-0.2, 0) is 19.7 Å². The first-order chi connectivity index (χ1) is 15.9. The van der Waals surface area contributed by atoms with Gasteiger partial charge in [0.15, 0.2) is 12.1 Å². The molecule has 0 fully saturated rings. The molecule has 0 saturated carbocycles. The largest absolute Gasteiger partial charge is 0.387 e. The lowest BCUT2D eigenvalue weighted by molar-refractivity contribution is -0.125. The number of guanidine groups is 1. The van der Waals surface area contributed by atoms with Crippen LogP contribution in [0.25, 0.3) is 10.8 Å². The highest BCUT2D eigenvalue weighted by Crippen LogP contribution is 2.24. The molecule has 0 aliphatic rings. The smallest absolute Gasteiger partial charge is 0.275 e. The average Bonchev–Trinajstić information content (AvgIpc) is 2.76. The van der Waals surface area contributed by atoms with E-state index in [2.05, 4.69) is 9.88 Å². The molecule has 0 bridgehead atoms. The molecular formula is C21H23ClN6O5S. The van der Waals surface area contributed by atoms with E-state index in [1.165, 1.54) is 31.2 Å². The van der Waals surface area contributed by atoms with E-state index in [0.717, 1.165) is 9.95 Å². The molecule has 2 unspecified atom stereocenters. The van der Waals surface area contributed by atoms with Crippen molar-refractivity contribution in [3.8, 4) is 0 Å². The number of pyridine rings is 1. The fourth-order valence-electron chi connectivity index (χ4n) is 3.40. The first-order valence-corrected chi connectivity index (χ1v) is 11.7. The van der Waals surface area contributed by atoms with Gasteiger partial charge in [-0.1, -0.05) is 23.7 Å². The maximum atomic E-state index is 13.2. The Morgan fingerprint density at radius 2 is 1.74 bits per heavy atom. The number of hydrogen-bond acceptors (Lipinski definition) is 6. The summed E-state index contributed by atoms with van der Waals surface area (Å²) >= 11 is 5.98. The Bertz CT molecular complexity index is 1450. The van der Waals surface area contributed by atoms with E-state index in [-0.39, 0.29) is 10.6 Å². The van der Waals surface area contributed by atoms with Crippen molar-refractivity contribution in [1.29, 1.82) is 0 Å². The second-order valence-electron chi connectivity index (χ2n) is 7.50. The van der Waals surface area contributed by atoms with E-state index in [1.54, 1.807) is 31.2 Å². The van der Waals surface area contributed by atoms with Gasteiger partial charge in [-0.2, -0.15) is 0 Å². The van der Waals surface area contributed by atoms with E-state index in [4.69, 9.17) is 33.6 Å². The molecule has 0 saturated heterocycles. The van der Waals surface area contributed by atoms with Crippen molar-refractivity contribution in [3.63, 3.8) is 0 Å². The zero-order valence-corrected chi connectivity index (χ0v) is 19.8. The van der Waals surface area contributed by atoms with Crippen LogP contribution in [0.15, 0.2) is 63.4 Å². The summed E-state index contributed by atoms with van der Waals surface area (Å²) in [5.41, 5.74) is 15.2. The quantitative estimate of drug-likeness (QED) is 0.202. The second-order valence-corrected chi connectivity index (χ2v) is 9.62. The number of aryl methyl sites for hydroxylation is 1. The van der Waals surface area contributed by atoms with E-state index in [9.17, 15) is 18.0 Å². The van der Waals surface area contributed by atoms with Crippen molar-refractivity contribution in [2.75, 3.05) is 4.72 Å². The van der Waals surface area contributed by atoms with E-state index >= 15 is 0 Å². The number of nitrogens with zero attached hydrogens (tertiary/aromatic N) is 2. The molecule has 7 N–H and O–H groups in total. The molecule has 0 radical (unpaired) electrons. The molecule has 34 heavy (non-hydrogen) atoms. The lowest BCUT2D eigenvalue weighted by Crippen LogP contribution is -2.42. The summed E-state index contributed by atoms with van der Waals surface area (Å²) in [5.74, 6) is -1.30. The van der Waals surface area contributed by atoms with Crippen molar-refractivity contribution in [1.82, 2.24) is 4.57 Å². The Morgan fingerprint density at radius 1 is 1.09 bits per heavy atom. The molecule has 1 amide bonds. The Balaban J connectivity index is 2.02. The average molecular weight is 507 g/mol. The number of hydrogen-bond donors (Lipinski definition) is 4. The van der Waals surface area contributed by atoms with Gasteiger partial charge in [0, 0.05) is 10.7 Å². The number of nitrogens with two attached hydrogens (primary N) is 3. The highest BCUT2D eigenvalue weighted by atomic mass is 35.5. The van der Waals surface area contributed by atoms with Crippen LogP contribution in [0.3, 0.4) is 0 Å². The lowest BCUT2D eigenvalue weighted by atomic mass is 10.1. The molecule has 0 spiro atoms. The number of carbonyl (C=O) groups is 1. The zero-order chi connectivity index (χ0) is 25.2. The number of primary amides is 1. The molecule has 0 aliphatic heterocycles. The van der Waals surface area contributed by atoms with E-state index in [0.29, 0.717) is 16.1 Å². The summed E-state index contributed by atoms with van der Waals surface area (Å²) in [6.45, 7) is 2.99. The number of halogens is 1. The molecule has 0 aliphatic carbocycles. The third-order valence-electron chi connectivity index (χ3n) is 4.99. The lowest BCUT2D eigenvalue weighted by Gasteiger charge is -2.24. The van der Waals surface area contributed by atoms with Crippen LogP contribution in [0.2, 0.25) is 5.02 Å². The summed E-state index contributed by atoms with van der Waals surface area (Å²) in [5, 5.41) is 5.31. The van der Waals surface area contributed by atoms with Crippen LogP contribution in [0.1, 0.15) is 18.7 Å². The van der Waals surface area contributed by atoms with Crippen LogP contribution in [0.4, 0.5) is 5.69 Å². The van der Waals surface area contributed by atoms with Crippen LogP contribution < -0.4 is 27.5 Å². The topological polar surface area (TPSA) is 185 Å². The number of nitrogens with one attached hydrogen (secondary N) is 1. The van der Waals surface area contributed by atoms with Crippen molar-refractivity contribution < 1.29 is 18.0 Å². The summed E-state index contributed by atoms with van der Waals surface area (Å²) in [4.78, 5) is 30.4. The maximum absolute atomic E-state index is 13.2. The molecule has 1 aromatic heterocycles. The van der Waals surface area contributed by atoms with Crippen LogP contribution in [-0.4, -0.2) is 31.0 Å². The number of anilines is 1. The van der Waals surface area contributed by atoms with E-state index in [1.807, 2.05) is 0 Å². The minimum Gasteiger partial charge on any atom is -0.387 e. The third-order valence-corrected chi connectivity index (χ3v) is 6.59. The van der Waals surface area contributed by atoms with Gasteiger partial charge in [-0.05, 0) is 66.2 Å². The molecule has 1 heterocycles. The van der Waals surface area contributed by atoms with Gasteiger partial charge < -0.3 is 22.0 Å². The number of sulfonamides is 1. The molecule has 2 atom stereocenters. The highest BCUT2D eigenvalue weighted by molar-refractivity contribution is 7.92.